The van der Waals surface area contributed by atoms with Crippen LogP contribution in [0.2, 0.25) is 5.02 Å². The maximum atomic E-state index is 12.5. The van der Waals surface area contributed by atoms with Crippen molar-refractivity contribution in [2.75, 3.05) is 5.32 Å². The fourth-order valence-corrected chi connectivity index (χ4v) is 4.96. The summed E-state index contributed by atoms with van der Waals surface area (Å²) in [5.74, 6) is -0.0900. The summed E-state index contributed by atoms with van der Waals surface area (Å²) < 4.78 is 6.10. The van der Waals surface area contributed by atoms with Crippen LogP contribution in [-0.4, -0.2) is 28.2 Å². The molecule has 5 aromatic rings. The lowest BCUT2D eigenvalue weighted by atomic mass is 10.1. The molecule has 10 heteroatoms. The van der Waals surface area contributed by atoms with Crippen molar-refractivity contribution >= 4 is 56.9 Å². The molecule has 8 nitrogen and oxygen atoms in total. The lowest BCUT2D eigenvalue weighted by Gasteiger charge is -2.11. The predicted molar refractivity (Wildman–Crippen MR) is 158 cm³/mol. The lowest BCUT2D eigenvalue weighted by molar-refractivity contribution is -0.120. The van der Waals surface area contributed by atoms with Gasteiger partial charge in [-0.2, -0.15) is 5.10 Å². The van der Waals surface area contributed by atoms with E-state index in [2.05, 4.69) is 44.2 Å². The Morgan fingerprint density at radius 2 is 1.80 bits per heavy atom. The molecule has 0 saturated heterocycles. The summed E-state index contributed by atoms with van der Waals surface area (Å²) in [5, 5.41) is 18.3. The van der Waals surface area contributed by atoms with E-state index in [1.807, 2.05) is 43.3 Å². The first kappa shape index (κ1) is 27.0. The van der Waals surface area contributed by atoms with E-state index in [0.717, 1.165) is 33.2 Å². The highest BCUT2D eigenvalue weighted by Gasteiger charge is 2.14. The number of nitrogens with one attached hydrogen (secondary N) is 2. The molecule has 0 radical (unpaired) electrons. The summed E-state index contributed by atoms with van der Waals surface area (Å²) in [7, 11) is 0. The molecule has 0 atom stereocenters. The summed E-state index contributed by atoms with van der Waals surface area (Å²) >= 11 is 7.32. The Hall–Kier alpha value is -4.60. The van der Waals surface area contributed by atoms with Crippen LogP contribution >= 0.6 is 22.9 Å². The van der Waals surface area contributed by atoms with Gasteiger partial charge in [0.2, 0.25) is 11.0 Å². The number of hydrogen-bond donors (Lipinski definition) is 2. The molecule has 5 rings (SSSR count). The number of aryl methyl sites for hydroxylation is 1. The van der Waals surface area contributed by atoms with Crippen LogP contribution in [0.3, 0.4) is 0 Å². The van der Waals surface area contributed by atoms with Gasteiger partial charge in [0.05, 0.1) is 12.6 Å². The average Bonchev–Trinajstić information content (AvgIpc) is 3.39. The van der Waals surface area contributed by atoms with Crippen LogP contribution in [0.1, 0.15) is 32.1 Å². The minimum Gasteiger partial charge on any atom is -0.488 e. The molecule has 2 N–H and O–H groups in total. The molecule has 0 fully saturated rings. The number of aromatic nitrogens is 2. The zero-order valence-corrected chi connectivity index (χ0v) is 23.0. The van der Waals surface area contributed by atoms with Crippen molar-refractivity contribution in [2.45, 2.75) is 20.0 Å². The number of rotatable bonds is 9. The number of fused-ring (bicyclic) bond motifs is 1. The Morgan fingerprint density at radius 3 is 2.67 bits per heavy atom. The first-order valence-electron chi connectivity index (χ1n) is 12.4. The molecule has 1 aromatic heterocycles. The Kier molecular flexibility index (Phi) is 8.44. The second-order valence-corrected chi connectivity index (χ2v) is 10.3. The Bertz CT molecular complexity index is 1710. The Balaban J connectivity index is 1.18. The standard InChI is InChI=1S/C30H24ClN5O3S/c1-19-7-2-4-11-24(19)29(38)33-30-36-35-28(40-30)16-27(37)34-32-17-22-15-23(31)13-14-26(22)39-18-21-10-6-9-20-8-3-5-12-25(20)21/h2-15,17H,16,18H2,1H3,(H,34,37)(H,33,36,38)/b32-17+. The van der Waals surface area contributed by atoms with Gasteiger partial charge in [0.1, 0.15) is 17.4 Å². The number of hydrogen-bond acceptors (Lipinski definition) is 7. The highest BCUT2D eigenvalue weighted by Crippen LogP contribution is 2.25. The number of ether oxygens (including phenoxy) is 1. The van der Waals surface area contributed by atoms with Crippen LogP contribution < -0.4 is 15.5 Å². The third kappa shape index (κ3) is 6.69. The van der Waals surface area contributed by atoms with Crippen LogP contribution in [0.25, 0.3) is 10.8 Å². The lowest BCUT2D eigenvalue weighted by Crippen LogP contribution is -2.19. The van der Waals surface area contributed by atoms with Gasteiger partial charge in [0.25, 0.3) is 5.91 Å². The SMILES string of the molecule is Cc1ccccc1C(=O)Nc1nnc(CC(=O)N/N=C/c2cc(Cl)ccc2OCc2cccc3ccccc23)s1. The topological polar surface area (TPSA) is 106 Å². The smallest absolute Gasteiger partial charge is 0.257 e. The van der Waals surface area contributed by atoms with E-state index in [4.69, 9.17) is 16.3 Å². The highest BCUT2D eigenvalue weighted by atomic mass is 35.5. The molecule has 0 bridgehead atoms. The average molecular weight is 570 g/mol. The molecular formula is C30H24ClN5O3S. The van der Waals surface area contributed by atoms with Gasteiger partial charge in [-0.3, -0.25) is 14.9 Å². The van der Waals surface area contributed by atoms with E-state index >= 15 is 0 Å². The van der Waals surface area contributed by atoms with Crippen molar-refractivity contribution in [3.63, 3.8) is 0 Å². The zero-order chi connectivity index (χ0) is 27.9. The molecule has 4 aromatic carbocycles. The second kappa shape index (κ2) is 12.5. The van der Waals surface area contributed by atoms with Crippen molar-refractivity contribution < 1.29 is 14.3 Å². The maximum absolute atomic E-state index is 12.5. The molecule has 1 heterocycles. The molecular weight excluding hydrogens is 546 g/mol. The van der Waals surface area contributed by atoms with Gasteiger partial charge in [-0.25, -0.2) is 5.43 Å². The molecule has 0 saturated carbocycles. The van der Waals surface area contributed by atoms with Crippen molar-refractivity contribution in [2.24, 2.45) is 5.10 Å². The van der Waals surface area contributed by atoms with Gasteiger partial charge < -0.3 is 4.74 Å². The van der Waals surface area contributed by atoms with Crippen molar-refractivity contribution in [3.8, 4) is 5.75 Å². The van der Waals surface area contributed by atoms with Crippen molar-refractivity contribution in [1.82, 2.24) is 15.6 Å². The van der Waals surface area contributed by atoms with Crippen LogP contribution in [0.4, 0.5) is 5.13 Å². The molecule has 2 amide bonds. The predicted octanol–water partition coefficient (Wildman–Crippen LogP) is 6.18. The summed E-state index contributed by atoms with van der Waals surface area (Å²) in [6.07, 6.45) is 1.44. The fourth-order valence-electron chi connectivity index (χ4n) is 4.04. The number of carbonyl (C=O) groups is 2. The van der Waals surface area contributed by atoms with Crippen LogP contribution in [0.5, 0.6) is 5.75 Å². The molecule has 0 aliphatic carbocycles. The van der Waals surface area contributed by atoms with Crippen LogP contribution in [0, 0.1) is 6.92 Å². The first-order chi connectivity index (χ1) is 19.5. The third-order valence-corrected chi connectivity index (χ3v) is 7.09. The second-order valence-electron chi connectivity index (χ2n) is 8.85. The van der Waals surface area contributed by atoms with Gasteiger partial charge in [-0.15, -0.1) is 10.2 Å². The van der Waals surface area contributed by atoms with Crippen LogP contribution in [-0.2, 0) is 17.8 Å². The molecule has 200 valence electrons. The van der Waals surface area contributed by atoms with E-state index < -0.39 is 0 Å². The van der Waals surface area contributed by atoms with Gasteiger partial charge in [0.15, 0.2) is 0 Å². The summed E-state index contributed by atoms with van der Waals surface area (Å²) in [6, 6.07) is 26.7. The number of halogens is 1. The monoisotopic (exact) mass is 569 g/mol. The Morgan fingerprint density at radius 1 is 1.00 bits per heavy atom. The van der Waals surface area contributed by atoms with Crippen LogP contribution in [0.15, 0.2) is 90.0 Å². The van der Waals surface area contributed by atoms with Gasteiger partial charge in [-0.05, 0) is 53.1 Å². The summed E-state index contributed by atoms with van der Waals surface area (Å²) in [5.41, 5.74) is 5.56. The van der Waals surface area contributed by atoms with E-state index in [-0.39, 0.29) is 18.2 Å². The minimum atomic E-state index is -0.385. The normalized spacial score (nSPS) is 11.1. The van der Waals surface area contributed by atoms with E-state index in [0.29, 0.717) is 38.6 Å². The fraction of sp³-hybridized carbons (Fsp3) is 0.100. The number of benzene rings is 4. The number of amides is 2. The summed E-state index contributed by atoms with van der Waals surface area (Å²) in [6.45, 7) is 2.21. The number of carbonyl (C=O) groups excluding carboxylic acids is 2. The van der Waals surface area contributed by atoms with E-state index in [1.54, 1.807) is 30.3 Å². The quantitative estimate of drug-likeness (QED) is 0.163. The maximum Gasteiger partial charge on any atom is 0.257 e. The minimum absolute atomic E-state index is 0.0464. The zero-order valence-electron chi connectivity index (χ0n) is 21.4. The van der Waals surface area contributed by atoms with E-state index in [1.165, 1.54) is 6.21 Å². The molecule has 0 aliphatic rings. The third-order valence-electron chi connectivity index (χ3n) is 6.02. The number of anilines is 1. The van der Waals surface area contributed by atoms with Gasteiger partial charge >= 0.3 is 0 Å². The molecule has 0 unspecified atom stereocenters. The van der Waals surface area contributed by atoms with Gasteiger partial charge in [-0.1, -0.05) is 83.6 Å². The molecule has 0 spiro atoms. The molecule has 0 aliphatic heterocycles. The number of nitrogens with zero attached hydrogens (tertiary/aromatic N) is 3. The largest absolute Gasteiger partial charge is 0.488 e. The van der Waals surface area contributed by atoms with Crippen molar-refractivity contribution in [3.05, 3.63) is 117 Å². The highest BCUT2D eigenvalue weighted by molar-refractivity contribution is 7.15. The summed E-state index contributed by atoms with van der Waals surface area (Å²) in [4.78, 5) is 24.9. The van der Waals surface area contributed by atoms with Crippen molar-refractivity contribution in [1.29, 1.82) is 0 Å². The van der Waals surface area contributed by atoms with Gasteiger partial charge in [0, 0.05) is 16.1 Å². The Labute approximate surface area is 239 Å². The van der Waals surface area contributed by atoms with E-state index in [9.17, 15) is 9.59 Å². The first-order valence-corrected chi connectivity index (χ1v) is 13.6. The molecule has 40 heavy (non-hydrogen) atoms. The number of hydrazone groups is 1.